The summed E-state index contributed by atoms with van der Waals surface area (Å²) in [4.78, 5) is 15.1. The number of hydrogen-bond donors (Lipinski definition) is 0. The third-order valence-electron chi connectivity index (χ3n) is 4.97. The summed E-state index contributed by atoms with van der Waals surface area (Å²) in [6.07, 6.45) is 7.72. The van der Waals surface area contributed by atoms with Gasteiger partial charge in [-0.05, 0) is 30.7 Å². The second kappa shape index (κ2) is 6.85. The van der Waals surface area contributed by atoms with Crippen molar-refractivity contribution < 1.29 is 4.42 Å². The van der Waals surface area contributed by atoms with Crippen LogP contribution >= 0.6 is 0 Å². The number of benzene rings is 1. The lowest BCUT2D eigenvalue weighted by atomic mass is 10.1. The Morgan fingerprint density at radius 3 is 2.96 bits per heavy atom. The van der Waals surface area contributed by atoms with Crippen LogP contribution < -0.4 is 0 Å². The third kappa shape index (κ3) is 3.17. The Morgan fingerprint density at radius 2 is 2.04 bits per heavy atom. The van der Waals surface area contributed by atoms with Crippen molar-refractivity contribution in [2.24, 2.45) is 0 Å². The maximum atomic E-state index is 5.86. The first-order chi connectivity index (χ1) is 13.4. The summed E-state index contributed by atoms with van der Waals surface area (Å²) < 4.78 is 5.86. The fraction of sp³-hybridized carbons (Fsp3) is 0.250. The van der Waals surface area contributed by atoms with Gasteiger partial charge in [0.1, 0.15) is 5.69 Å². The quantitative estimate of drug-likeness (QED) is 0.554. The van der Waals surface area contributed by atoms with E-state index in [-0.39, 0.29) is 5.92 Å². The molecule has 1 fully saturated rings. The van der Waals surface area contributed by atoms with Crippen LogP contribution in [0.1, 0.15) is 23.8 Å². The van der Waals surface area contributed by atoms with Crippen LogP contribution in [0.3, 0.4) is 0 Å². The molecule has 0 spiro atoms. The molecule has 134 valence electrons. The molecule has 4 aromatic rings. The van der Waals surface area contributed by atoms with Crippen LogP contribution in [0.2, 0.25) is 0 Å². The van der Waals surface area contributed by atoms with E-state index in [9.17, 15) is 0 Å². The van der Waals surface area contributed by atoms with Crippen molar-refractivity contribution in [1.82, 2.24) is 30.0 Å². The molecule has 1 unspecified atom stereocenters. The molecule has 5 rings (SSSR count). The van der Waals surface area contributed by atoms with Crippen LogP contribution in [0.15, 0.2) is 59.5 Å². The van der Waals surface area contributed by atoms with Crippen LogP contribution in [0, 0.1) is 0 Å². The Labute approximate surface area is 156 Å². The van der Waals surface area contributed by atoms with E-state index in [1.807, 2.05) is 12.3 Å². The molecular formula is C20H18N6O. The number of aromatic nitrogens is 5. The van der Waals surface area contributed by atoms with Gasteiger partial charge < -0.3 is 4.42 Å². The van der Waals surface area contributed by atoms with Crippen LogP contribution in [0.4, 0.5) is 0 Å². The molecule has 0 bridgehead atoms. The fourth-order valence-electron chi connectivity index (χ4n) is 3.64. The minimum atomic E-state index is 0.246. The molecular weight excluding hydrogens is 340 g/mol. The molecule has 7 nitrogen and oxygen atoms in total. The molecule has 0 amide bonds. The molecule has 4 heterocycles. The first-order valence-corrected chi connectivity index (χ1v) is 9.01. The summed E-state index contributed by atoms with van der Waals surface area (Å²) in [6, 6.07) is 10.4. The average molecular weight is 358 g/mol. The molecule has 1 aliphatic rings. The van der Waals surface area contributed by atoms with Crippen molar-refractivity contribution in [3.63, 3.8) is 0 Å². The smallest absolute Gasteiger partial charge is 0.267 e. The molecule has 0 N–H and O–H groups in total. The van der Waals surface area contributed by atoms with Crippen molar-refractivity contribution in [2.45, 2.75) is 18.9 Å². The average Bonchev–Trinajstić information content (AvgIpc) is 3.39. The van der Waals surface area contributed by atoms with E-state index < -0.39 is 0 Å². The number of likely N-dealkylation sites (tertiary alicyclic amines) is 1. The number of nitrogens with zero attached hydrogens (tertiary/aromatic N) is 6. The normalized spacial score (nSPS) is 17.6. The Hall–Kier alpha value is -3.19. The highest BCUT2D eigenvalue weighted by molar-refractivity contribution is 5.81. The first kappa shape index (κ1) is 16.0. The molecule has 0 radical (unpaired) electrons. The molecule has 0 aliphatic carbocycles. The zero-order valence-electron chi connectivity index (χ0n) is 14.7. The van der Waals surface area contributed by atoms with Gasteiger partial charge in [-0.3, -0.25) is 14.9 Å². The maximum absolute atomic E-state index is 5.86. The molecule has 7 heteroatoms. The number of pyridine rings is 1. The predicted octanol–water partition coefficient (Wildman–Crippen LogP) is 3.06. The topological polar surface area (TPSA) is 80.8 Å². The first-order valence-electron chi connectivity index (χ1n) is 9.01. The van der Waals surface area contributed by atoms with E-state index in [0.29, 0.717) is 17.5 Å². The third-order valence-corrected chi connectivity index (χ3v) is 4.97. The van der Waals surface area contributed by atoms with Crippen molar-refractivity contribution >= 4 is 10.9 Å². The lowest BCUT2D eigenvalue weighted by molar-refractivity contribution is 0.321. The van der Waals surface area contributed by atoms with Gasteiger partial charge in [-0.15, -0.1) is 10.2 Å². The van der Waals surface area contributed by atoms with Gasteiger partial charge in [0.05, 0.1) is 17.6 Å². The maximum Gasteiger partial charge on any atom is 0.267 e. The predicted molar refractivity (Wildman–Crippen MR) is 99.7 cm³/mol. The van der Waals surface area contributed by atoms with Gasteiger partial charge in [0.15, 0.2) is 0 Å². The number of rotatable bonds is 4. The largest absolute Gasteiger partial charge is 0.419 e. The van der Waals surface area contributed by atoms with E-state index in [1.165, 1.54) is 10.9 Å². The minimum Gasteiger partial charge on any atom is -0.419 e. The van der Waals surface area contributed by atoms with Gasteiger partial charge in [0.25, 0.3) is 5.89 Å². The van der Waals surface area contributed by atoms with E-state index in [2.05, 4.69) is 54.3 Å². The SMILES string of the molecule is c1cc(CN2CCC(c3nnc(-c4cnccn4)o3)C2)c2cccnc2c1. The summed E-state index contributed by atoms with van der Waals surface area (Å²) in [6.45, 7) is 2.80. The minimum absolute atomic E-state index is 0.246. The Morgan fingerprint density at radius 1 is 1.04 bits per heavy atom. The van der Waals surface area contributed by atoms with Crippen LogP contribution in [-0.2, 0) is 6.54 Å². The molecule has 1 aliphatic heterocycles. The van der Waals surface area contributed by atoms with E-state index in [0.717, 1.165) is 31.6 Å². The van der Waals surface area contributed by atoms with Gasteiger partial charge >= 0.3 is 0 Å². The molecule has 3 aromatic heterocycles. The van der Waals surface area contributed by atoms with Crippen molar-refractivity contribution in [1.29, 1.82) is 0 Å². The van der Waals surface area contributed by atoms with Crippen LogP contribution in [0.5, 0.6) is 0 Å². The molecule has 1 saturated heterocycles. The monoisotopic (exact) mass is 358 g/mol. The van der Waals surface area contributed by atoms with Gasteiger partial charge in [0.2, 0.25) is 5.89 Å². The van der Waals surface area contributed by atoms with Crippen LogP contribution in [-0.4, -0.2) is 43.1 Å². The second-order valence-electron chi connectivity index (χ2n) is 6.74. The van der Waals surface area contributed by atoms with Gasteiger partial charge in [-0.1, -0.05) is 18.2 Å². The molecule has 0 saturated carbocycles. The summed E-state index contributed by atoms with van der Waals surface area (Å²) >= 11 is 0. The Bertz CT molecular complexity index is 1060. The summed E-state index contributed by atoms with van der Waals surface area (Å²) in [5.74, 6) is 1.35. The number of hydrogen-bond acceptors (Lipinski definition) is 7. The molecule has 1 aromatic carbocycles. The van der Waals surface area contributed by atoms with E-state index in [4.69, 9.17) is 4.42 Å². The molecule has 1 atom stereocenters. The number of fused-ring (bicyclic) bond motifs is 1. The van der Waals surface area contributed by atoms with E-state index in [1.54, 1.807) is 18.6 Å². The summed E-state index contributed by atoms with van der Waals surface area (Å²) in [5, 5.41) is 9.59. The zero-order valence-corrected chi connectivity index (χ0v) is 14.7. The van der Waals surface area contributed by atoms with Gasteiger partial charge in [0, 0.05) is 37.1 Å². The summed E-state index contributed by atoms with van der Waals surface area (Å²) in [7, 11) is 0. The van der Waals surface area contributed by atoms with Crippen molar-refractivity contribution in [3.05, 3.63) is 66.6 Å². The Balaban J connectivity index is 1.31. The standard InChI is InChI=1S/C20H18N6O/c1-3-14(16-4-2-7-22-17(16)5-1)12-26-10-6-15(13-26)19-24-25-20(27-19)18-11-21-8-9-23-18/h1-5,7-9,11,15H,6,10,12-13H2. The highest BCUT2D eigenvalue weighted by Gasteiger charge is 2.28. The zero-order chi connectivity index (χ0) is 18.1. The highest BCUT2D eigenvalue weighted by Crippen LogP contribution is 2.29. The van der Waals surface area contributed by atoms with Crippen molar-refractivity contribution in [2.75, 3.05) is 13.1 Å². The van der Waals surface area contributed by atoms with E-state index >= 15 is 0 Å². The van der Waals surface area contributed by atoms with Gasteiger partial charge in [-0.2, -0.15) is 0 Å². The highest BCUT2D eigenvalue weighted by atomic mass is 16.4. The fourth-order valence-corrected chi connectivity index (χ4v) is 3.64. The lowest BCUT2D eigenvalue weighted by Crippen LogP contribution is -2.20. The van der Waals surface area contributed by atoms with Crippen LogP contribution in [0.25, 0.3) is 22.5 Å². The molecule has 27 heavy (non-hydrogen) atoms. The lowest BCUT2D eigenvalue weighted by Gasteiger charge is -2.16. The Kier molecular flexibility index (Phi) is 4.06. The van der Waals surface area contributed by atoms with Gasteiger partial charge in [-0.25, -0.2) is 4.98 Å². The van der Waals surface area contributed by atoms with Crippen molar-refractivity contribution in [3.8, 4) is 11.6 Å². The summed E-state index contributed by atoms with van der Waals surface area (Å²) in [5.41, 5.74) is 2.94. The second-order valence-corrected chi connectivity index (χ2v) is 6.74.